The molecule has 0 amide bonds. The van der Waals surface area contributed by atoms with Gasteiger partial charge in [-0.05, 0) is 37.9 Å². The molecule has 2 N–H and O–H groups in total. The van der Waals surface area contributed by atoms with E-state index < -0.39 is 18.6 Å². The van der Waals surface area contributed by atoms with Crippen molar-refractivity contribution in [2.45, 2.75) is 44.4 Å². The smallest absolute Gasteiger partial charge is 0.339 e. The first-order valence-corrected chi connectivity index (χ1v) is 8.34. The van der Waals surface area contributed by atoms with Crippen molar-refractivity contribution in [1.82, 2.24) is 0 Å². The van der Waals surface area contributed by atoms with Gasteiger partial charge < -0.3 is 19.6 Å². The van der Waals surface area contributed by atoms with Gasteiger partial charge in [-0.3, -0.25) is 0 Å². The Hall–Kier alpha value is -0.00506. The molecule has 0 spiro atoms. The molecule has 4 aliphatic rings. The lowest BCUT2D eigenvalue weighted by Crippen LogP contribution is -2.45. The zero-order valence-electron chi connectivity index (χ0n) is 12.7. The number of ether oxygens (including phenoxy) is 2. The maximum atomic E-state index is 10.8. The number of aliphatic hydroxyl groups excluding tert-OH is 1. The normalized spacial score (nSPS) is 54.9. The van der Waals surface area contributed by atoms with E-state index in [2.05, 4.69) is 12.2 Å². The average molecular weight is 298 g/mol. The molecule has 6 heteroatoms. The quantitative estimate of drug-likeness (QED) is 0.593. The summed E-state index contributed by atoms with van der Waals surface area (Å²) in [6, 6.07) is 0. The molecule has 0 aromatic carbocycles. The van der Waals surface area contributed by atoms with E-state index in [-0.39, 0.29) is 23.5 Å². The Bertz CT molecular complexity index is 488. The van der Waals surface area contributed by atoms with Crippen molar-refractivity contribution in [3.8, 4) is 0 Å². The maximum absolute atomic E-state index is 10.8. The second kappa shape index (κ2) is 4.26. The van der Waals surface area contributed by atoms with Crippen LogP contribution >= 0.6 is 11.6 Å². The third-order valence-corrected chi connectivity index (χ3v) is 6.48. The van der Waals surface area contributed by atoms with E-state index in [0.717, 1.165) is 6.42 Å². The largest absolute Gasteiger partial charge is 0.444 e. The van der Waals surface area contributed by atoms with Crippen LogP contribution in [0.5, 0.6) is 0 Å². The third-order valence-electron chi connectivity index (χ3n) is 5.66. The van der Waals surface area contributed by atoms with Crippen LogP contribution in [-0.2, 0) is 9.47 Å². The van der Waals surface area contributed by atoms with Crippen molar-refractivity contribution in [2.24, 2.45) is 23.2 Å². The van der Waals surface area contributed by atoms with Gasteiger partial charge in [0, 0.05) is 12.7 Å². The van der Waals surface area contributed by atoms with Crippen LogP contribution < -0.4 is 0 Å². The number of hydrogen-bond donors (Lipinski definition) is 2. The van der Waals surface area contributed by atoms with E-state index in [1.54, 1.807) is 0 Å². The summed E-state index contributed by atoms with van der Waals surface area (Å²) in [6.45, 7) is 2.63. The Morgan fingerprint density at radius 3 is 3.00 bits per heavy atom. The Balaban J connectivity index is 1.72. The van der Waals surface area contributed by atoms with Gasteiger partial charge in [-0.2, -0.15) is 11.6 Å². The van der Waals surface area contributed by atoms with E-state index >= 15 is 0 Å². The molecule has 3 fully saturated rings. The molecule has 4 rings (SSSR count). The first-order valence-electron chi connectivity index (χ1n) is 7.87. The number of hydrogen-bond acceptors (Lipinski definition) is 5. The molecule has 2 saturated carbocycles. The van der Waals surface area contributed by atoms with Gasteiger partial charge in [-0.25, -0.2) is 0 Å². The summed E-state index contributed by atoms with van der Waals surface area (Å²) in [5, 5.41) is 20.2. The van der Waals surface area contributed by atoms with Gasteiger partial charge in [0.2, 0.25) is 0 Å². The van der Waals surface area contributed by atoms with Crippen molar-refractivity contribution < 1.29 is 19.6 Å². The second-order valence-electron chi connectivity index (χ2n) is 6.96. The van der Waals surface area contributed by atoms with Crippen molar-refractivity contribution in [2.75, 3.05) is 5.75 Å². The molecule has 3 aliphatic carbocycles. The highest BCUT2D eigenvalue weighted by Gasteiger charge is 2.73. The molecular formula is C14H21BO4S. The third kappa shape index (κ3) is 1.55. The molecule has 110 valence electrons. The van der Waals surface area contributed by atoms with Crippen LogP contribution in [-0.4, -0.2) is 48.0 Å². The minimum atomic E-state index is -1.14. The van der Waals surface area contributed by atoms with Crippen LogP contribution in [0, 0.1) is 23.2 Å². The highest BCUT2D eigenvalue weighted by atomic mass is 32.2. The molecule has 1 heterocycles. The molecule has 7 atom stereocenters. The Kier molecular flexibility index (Phi) is 2.67. The number of aliphatic hydroxyl groups is 1. The maximum Gasteiger partial charge on any atom is 0.339 e. The Morgan fingerprint density at radius 1 is 1.45 bits per heavy atom. The first kappa shape index (κ1) is 12.5. The summed E-state index contributed by atoms with van der Waals surface area (Å²) in [5.41, 5.74) is -0.218. The van der Waals surface area contributed by atoms with Gasteiger partial charge in [0.15, 0.2) is 5.79 Å². The molecule has 0 aromatic heterocycles. The molecule has 4 nitrogen and oxygen atoms in total. The minimum Gasteiger partial charge on any atom is -0.444 e. The molecular weight excluding hydrogens is 275 g/mol. The molecule has 2 bridgehead atoms. The van der Waals surface area contributed by atoms with E-state index in [0.29, 0.717) is 17.6 Å². The fourth-order valence-corrected chi connectivity index (χ4v) is 6.07. The summed E-state index contributed by atoms with van der Waals surface area (Å²) in [6.07, 6.45) is 4.52. The van der Waals surface area contributed by atoms with Gasteiger partial charge >= 0.3 is 6.72 Å². The summed E-state index contributed by atoms with van der Waals surface area (Å²) >= 11 is 1.23. The van der Waals surface area contributed by atoms with E-state index in [1.807, 2.05) is 13.8 Å². The monoisotopic (exact) mass is 298 g/mol. The van der Waals surface area contributed by atoms with Crippen LogP contribution in [0.4, 0.5) is 0 Å². The highest BCUT2D eigenvalue weighted by Crippen LogP contribution is 2.67. The number of rotatable bonds is 3. The lowest BCUT2D eigenvalue weighted by molar-refractivity contribution is -0.184. The standard InChI is InChI=1S/C14H21BO4S/c1-13(2)18-11-10(16)9-7-3-4-8(5-7)14(9,6-20-15-17)12(11)19-13/h3-4,7-12,15-17H,5-6H2,1-2H3/t7?,8?,9?,10-,11+,12+,14+/m1/s1/i15T. The predicted molar refractivity (Wildman–Crippen MR) is 78.3 cm³/mol. The first-order chi connectivity index (χ1) is 9.85. The van der Waals surface area contributed by atoms with E-state index in [4.69, 9.17) is 10.8 Å². The van der Waals surface area contributed by atoms with Gasteiger partial charge in [-0.1, -0.05) is 12.2 Å². The molecule has 0 aromatic rings. The zero-order chi connectivity index (χ0) is 15.0. The fraction of sp³-hybridized carbons (Fsp3) is 0.857. The SMILES string of the molecule is [3H]B(O)SC[C@]12C3C=CC(C3)C1[C@@H](O)[C@@H]1OC(C)(C)O[C@@H]12. The van der Waals surface area contributed by atoms with Crippen LogP contribution in [0.1, 0.15) is 20.3 Å². The molecule has 3 unspecified atom stereocenters. The second-order valence-corrected chi connectivity index (χ2v) is 7.79. The zero-order valence-corrected chi connectivity index (χ0v) is 12.5. The highest BCUT2D eigenvalue weighted by molar-refractivity contribution is 8.21. The summed E-state index contributed by atoms with van der Waals surface area (Å²) in [7, 11) is 0. The summed E-state index contributed by atoms with van der Waals surface area (Å²) < 4.78 is 19.5. The number of fused-ring (bicyclic) bond motifs is 7. The Labute approximate surface area is 125 Å². The van der Waals surface area contributed by atoms with Gasteiger partial charge in [0.05, 0.1) is 12.2 Å². The van der Waals surface area contributed by atoms with Crippen molar-refractivity contribution in [3.63, 3.8) is 0 Å². The molecule has 1 aliphatic heterocycles. The topological polar surface area (TPSA) is 58.9 Å². The lowest BCUT2D eigenvalue weighted by atomic mass is 9.70. The van der Waals surface area contributed by atoms with Crippen molar-refractivity contribution in [1.29, 1.82) is 1.34 Å². The van der Waals surface area contributed by atoms with Crippen molar-refractivity contribution >= 4 is 18.3 Å². The van der Waals surface area contributed by atoms with Crippen LogP contribution in [0.15, 0.2) is 12.2 Å². The lowest BCUT2D eigenvalue weighted by Gasteiger charge is -2.41. The van der Waals surface area contributed by atoms with Crippen LogP contribution in [0.2, 0.25) is 0 Å². The van der Waals surface area contributed by atoms with E-state index in [1.165, 1.54) is 11.6 Å². The molecule has 1 saturated heterocycles. The van der Waals surface area contributed by atoms with Gasteiger partial charge in [0.1, 0.15) is 6.10 Å². The van der Waals surface area contributed by atoms with Gasteiger partial charge in [0.25, 0.3) is 0 Å². The fourth-order valence-electron chi connectivity index (χ4n) is 5.14. The average Bonchev–Trinajstić information content (AvgIpc) is 3.09. The molecule has 0 radical (unpaired) electrons. The van der Waals surface area contributed by atoms with Crippen LogP contribution in [0.25, 0.3) is 0 Å². The van der Waals surface area contributed by atoms with Gasteiger partial charge in [-0.15, -0.1) is 0 Å². The van der Waals surface area contributed by atoms with Crippen molar-refractivity contribution in [3.05, 3.63) is 12.2 Å². The summed E-state index contributed by atoms with van der Waals surface area (Å²) in [5.74, 6) is 0.787. The molecule has 20 heavy (non-hydrogen) atoms. The summed E-state index contributed by atoms with van der Waals surface area (Å²) in [4.78, 5) is 0. The minimum absolute atomic E-state index is 0.116. The van der Waals surface area contributed by atoms with Crippen LogP contribution in [0.3, 0.4) is 0 Å². The predicted octanol–water partition coefficient (Wildman–Crippen LogP) is 0.681. The van der Waals surface area contributed by atoms with E-state index in [9.17, 15) is 10.1 Å². The number of allylic oxidation sites excluding steroid dienone is 2. The Morgan fingerprint density at radius 2 is 2.25 bits per heavy atom.